The molecule has 2 amide bonds. The Bertz CT molecular complexity index is 1470. The molecule has 40 heavy (non-hydrogen) atoms. The van der Waals surface area contributed by atoms with Crippen molar-refractivity contribution in [3.8, 4) is 17.2 Å². The normalized spacial score (nSPS) is 14.4. The Morgan fingerprint density at radius 3 is 2.35 bits per heavy atom. The summed E-state index contributed by atoms with van der Waals surface area (Å²) in [5.41, 5.74) is 3.18. The van der Waals surface area contributed by atoms with Crippen molar-refractivity contribution in [1.29, 1.82) is 0 Å². The summed E-state index contributed by atoms with van der Waals surface area (Å²) in [7, 11) is 0. The Morgan fingerprint density at radius 2 is 1.60 bits per heavy atom. The third-order valence-electron chi connectivity index (χ3n) is 6.32. The molecule has 0 spiro atoms. The van der Waals surface area contributed by atoms with Crippen molar-refractivity contribution in [3.63, 3.8) is 0 Å². The molecule has 7 heteroatoms. The highest BCUT2D eigenvalue weighted by atomic mass is 16.5. The first-order valence-electron chi connectivity index (χ1n) is 13.1. The van der Waals surface area contributed by atoms with E-state index < -0.39 is 6.10 Å². The van der Waals surface area contributed by atoms with Crippen LogP contribution in [0.3, 0.4) is 0 Å². The predicted octanol–water partition coefficient (Wildman–Crippen LogP) is 6.11. The Kier molecular flexibility index (Phi) is 8.41. The average molecular weight is 535 g/mol. The molecule has 202 valence electrons. The molecule has 1 aliphatic rings. The van der Waals surface area contributed by atoms with Gasteiger partial charge in [-0.25, -0.2) is 0 Å². The summed E-state index contributed by atoms with van der Waals surface area (Å²) in [6, 6.07) is 32.2. The van der Waals surface area contributed by atoms with E-state index in [-0.39, 0.29) is 11.8 Å². The van der Waals surface area contributed by atoms with Crippen LogP contribution in [0, 0.1) is 0 Å². The fourth-order valence-electron chi connectivity index (χ4n) is 4.26. The number of carbonyl (C=O) groups excluding carboxylic acids is 2. The van der Waals surface area contributed by atoms with Crippen LogP contribution in [0.1, 0.15) is 18.1 Å². The lowest BCUT2D eigenvalue weighted by atomic mass is 10.1. The van der Waals surface area contributed by atoms with E-state index in [0.29, 0.717) is 36.9 Å². The van der Waals surface area contributed by atoms with Gasteiger partial charge in [0.1, 0.15) is 30.5 Å². The molecule has 4 aromatic rings. The molecule has 0 aliphatic carbocycles. The number of ether oxygens (including phenoxy) is 3. The maximum atomic E-state index is 12.8. The van der Waals surface area contributed by atoms with E-state index in [1.165, 1.54) is 6.08 Å². The van der Waals surface area contributed by atoms with Gasteiger partial charge in [0.2, 0.25) is 5.91 Å². The molecule has 1 unspecified atom stereocenters. The zero-order valence-corrected chi connectivity index (χ0v) is 22.2. The van der Waals surface area contributed by atoms with Gasteiger partial charge in [0, 0.05) is 17.8 Å². The highest BCUT2D eigenvalue weighted by Crippen LogP contribution is 2.36. The fourth-order valence-corrected chi connectivity index (χ4v) is 4.26. The van der Waals surface area contributed by atoms with E-state index in [1.54, 1.807) is 36.1 Å². The fraction of sp³-hybridized carbons (Fsp3) is 0.152. The summed E-state index contributed by atoms with van der Waals surface area (Å²) in [4.78, 5) is 27.0. The SMILES string of the molecule is CC1Oc2cc(NC(=O)/C=C/c3ccc(OCc4ccccc4)cc3)ccc2N(CCOc2ccccc2)C1=O. The number of rotatable bonds is 10. The molecule has 0 fully saturated rings. The van der Waals surface area contributed by atoms with Crippen molar-refractivity contribution < 1.29 is 23.8 Å². The van der Waals surface area contributed by atoms with Crippen LogP contribution >= 0.6 is 0 Å². The van der Waals surface area contributed by atoms with Crippen LogP contribution in [0.25, 0.3) is 6.08 Å². The van der Waals surface area contributed by atoms with E-state index in [1.807, 2.05) is 84.9 Å². The minimum atomic E-state index is -0.644. The monoisotopic (exact) mass is 534 g/mol. The van der Waals surface area contributed by atoms with Gasteiger partial charge < -0.3 is 24.4 Å². The van der Waals surface area contributed by atoms with Crippen molar-refractivity contribution in [3.05, 3.63) is 120 Å². The molecule has 7 nitrogen and oxygen atoms in total. The van der Waals surface area contributed by atoms with Crippen molar-refractivity contribution in [1.82, 2.24) is 0 Å². The van der Waals surface area contributed by atoms with Crippen LogP contribution < -0.4 is 24.4 Å². The molecular weight excluding hydrogens is 504 g/mol. The Morgan fingerprint density at radius 1 is 0.900 bits per heavy atom. The Balaban J connectivity index is 1.16. The third kappa shape index (κ3) is 6.88. The van der Waals surface area contributed by atoms with Crippen LogP contribution in [0.2, 0.25) is 0 Å². The predicted molar refractivity (Wildman–Crippen MR) is 156 cm³/mol. The molecule has 5 rings (SSSR count). The summed E-state index contributed by atoms with van der Waals surface area (Å²) in [6.45, 7) is 2.92. The molecule has 1 atom stereocenters. The van der Waals surface area contributed by atoms with Crippen LogP contribution in [0.4, 0.5) is 11.4 Å². The van der Waals surface area contributed by atoms with Gasteiger partial charge in [0.05, 0.1) is 12.2 Å². The zero-order chi connectivity index (χ0) is 27.7. The highest BCUT2D eigenvalue weighted by Gasteiger charge is 2.31. The molecule has 0 bridgehead atoms. The summed E-state index contributed by atoms with van der Waals surface area (Å²) in [5.74, 6) is 1.61. The first kappa shape index (κ1) is 26.6. The number of fused-ring (bicyclic) bond motifs is 1. The zero-order valence-electron chi connectivity index (χ0n) is 22.2. The summed E-state index contributed by atoms with van der Waals surface area (Å²) in [6.07, 6.45) is 2.56. The van der Waals surface area contributed by atoms with Crippen molar-refractivity contribution in [2.45, 2.75) is 19.6 Å². The average Bonchev–Trinajstić information content (AvgIpc) is 2.98. The van der Waals surface area contributed by atoms with Crippen LogP contribution in [-0.4, -0.2) is 31.1 Å². The van der Waals surface area contributed by atoms with E-state index in [0.717, 1.165) is 22.6 Å². The van der Waals surface area contributed by atoms with E-state index in [2.05, 4.69) is 5.32 Å². The Hall–Kier alpha value is -5.04. The first-order valence-corrected chi connectivity index (χ1v) is 13.1. The van der Waals surface area contributed by atoms with Crippen molar-refractivity contribution >= 4 is 29.3 Å². The van der Waals surface area contributed by atoms with Crippen molar-refractivity contribution in [2.75, 3.05) is 23.4 Å². The van der Waals surface area contributed by atoms with Crippen LogP contribution in [0.15, 0.2) is 109 Å². The molecule has 0 saturated carbocycles. The van der Waals surface area contributed by atoms with Crippen LogP contribution in [0.5, 0.6) is 17.2 Å². The number of anilines is 2. The highest BCUT2D eigenvalue weighted by molar-refractivity contribution is 6.03. The number of hydrogen-bond donors (Lipinski definition) is 1. The smallest absolute Gasteiger partial charge is 0.267 e. The molecule has 0 saturated heterocycles. The van der Waals surface area contributed by atoms with E-state index in [4.69, 9.17) is 14.2 Å². The Labute approximate surface area is 233 Å². The lowest BCUT2D eigenvalue weighted by molar-refractivity contribution is -0.125. The molecular formula is C33H30N2O5. The van der Waals surface area contributed by atoms with Crippen molar-refractivity contribution in [2.24, 2.45) is 0 Å². The molecule has 0 aromatic heterocycles. The maximum Gasteiger partial charge on any atom is 0.267 e. The number of benzene rings is 4. The summed E-state index contributed by atoms with van der Waals surface area (Å²) >= 11 is 0. The van der Waals surface area contributed by atoms with Gasteiger partial charge in [-0.05, 0) is 60.5 Å². The van der Waals surface area contributed by atoms with Gasteiger partial charge in [-0.1, -0.05) is 60.7 Å². The standard InChI is InChI=1S/C33H30N2O5/c1-24-33(37)35(20-21-38-28-10-6-3-7-11-28)30-18-15-27(22-31(30)40-24)34-32(36)19-14-25-12-16-29(17-13-25)39-23-26-8-4-2-5-9-26/h2-19,22,24H,20-21,23H2,1H3,(H,34,36)/b19-14+. The van der Waals surface area contributed by atoms with Gasteiger partial charge >= 0.3 is 0 Å². The van der Waals surface area contributed by atoms with Gasteiger partial charge in [-0.2, -0.15) is 0 Å². The number of para-hydroxylation sites is 1. The topological polar surface area (TPSA) is 77.1 Å². The quantitative estimate of drug-likeness (QED) is 0.249. The number of carbonyl (C=O) groups is 2. The van der Waals surface area contributed by atoms with Gasteiger partial charge in [0.25, 0.3) is 5.91 Å². The number of nitrogens with one attached hydrogen (secondary N) is 1. The second-order valence-corrected chi connectivity index (χ2v) is 9.26. The molecule has 1 heterocycles. The van der Waals surface area contributed by atoms with Gasteiger partial charge in [-0.15, -0.1) is 0 Å². The summed E-state index contributed by atoms with van der Waals surface area (Å²) in [5, 5.41) is 2.86. The third-order valence-corrected chi connectivity index (χ3v) is 6.32. The molecule has 1 aliphatic heterocycles. The van der Waals surface area contributed by atoms with Gasteiger partial charge in [0.15, 0.2) is 6.10 Å². The minimum Gasteiger partial charge on any atom is -0.492 e. The number of hydrogen-bond acceptors (Lipinski definition) is 5. The lowest BCUT2D eigenvalue weighted by Gasteiger charge is -2.33. The first-order chi connectivity index (χ1) is 19.5. The molecule has 1 N–H and O–H groups in total. The summed E-state index contributed by atoms with van der Waals surface area (Å²) < 4.78 is 17.4. The lowest BCUT2D eigenvalue weighted by Crippen LogP contribution is -2.46. The van der Waals surface area contributed by atoms with E-state index in [9.17, 15) is 9.59 Å². The number of nitrogens with zero attached hydrogens (tertiary/aromatic N) is 1. The van der Waals surface area contributed by atoms with Crippen LogP contribution in [-0.2, 0) is 16.2 Å². The molecule has 0 radical (unpaired) electrons. The molecule has 4 aromatic carbocycles. The minimum absolute atomic E-state index is 0.139. The second-order valence-electron chi connectivity index (χ2n) is 9.26. The second kappa shape index (κ2) is 12.7. The number of amides is 2. The van der Waals surface area contributed by atoms with E-state index >= 15 is 0 Å². The largest absolute Gasteiger partial charge is 0.492 e. The maximum absolute atomic E-state index is 12.8. The van der Waals surface area contributed by atoms with Gasteiger partial charge in [-0.3, -0.25) is 9.59 Å².